The van der Waals surface area contributed by atoms with Crippen LogP contribution in [-0.2, 0) is 14.8 Å². The predicted octanol–water partition coefficient (Wildman–Crippen LogP) is -0.893. The predicted molar refractivity (Wildman–Crippen MR) is 66.5 cm³/mol. The van der Waals surface area contributed by atoms with Crippen LogP contribution in [0.25, 0.3) is 0 Å². The first-order valence-electron chi connectivity index (χ1n) is 4.85. The third-order valence-corrected chi connectivity index (χ3v) is 4.11. The average molecular weight is 267 g/mol. The van der Waals surface area contributed by atoms with Crippen LogP contribution in [0.5, 0.6) is 0 Å². The number of rotatable bonds is 7. The Bertz CT molecular complexity index is 354. The van der Waals surface area contributed by atoms with Crippen LogP contribution in [0.15, 0.2) is 0 Å². The number of thiocarbonyl (C=S) groups is 1. The van der Waals surface area contributed by atoms with E-state index < -0.39 is 15.3 Å². The molecule has 0 rings (SSSR count). The average Bonchev–Trinajstić information content (AvgIpc) is 2.22. The van der Waals surface area contributed by atoms with Crippen molar-refractivity contribution in [2.45, 2.75) is 25.5 Å². The lowest BCUT2D eigenvalue weighted by Gasteiger charge is -2.12. The normalized spacial score (nSPS) is 13.1. The molecule has 0 aliphatic carbocycles. The van der Waals surface area contributed by atoms with Crippen molar-refractivity contribution in [2.24, 2.45) is 5.73 Å². The fourth-order valence-electron chi connectivity index (χ4n) is 0.771. The third kappa shape index (κ3) is 5.38. The standard InChI is InChI=1S/C8H17N3O3S2/c1-3-4-10-7(12)5-11-16(13,14)6(2)8(9)15/h6,11H,3-5H2,1-2H3,(H2,9,15)(H,10,12). The van der Waals surface area contributed by atoms with Crippen molar-refractivity contribution in [3.63, 3.8) is 0 Å². The van der Waals surface area contributed by atoms with Crippen molar-refractivity contribution in [1.29, 1.82) is 0 Å². The Morgan fingerprint density at radius 2 is 2.06 bits per heavy atom. The fraction of sp³-hybridized carbons (Fsp3) is 0.750. The Morgan fingerprint density at radius 1 is 1.50 bits per heavy atom. The zero-order valence-electron chi connectivity index (χ0n) is 9.32. The highest BCUT2D eigenvalue weighted by Crippen LogP contribution is 1.97. The van der Waals surface area contributed by atoms with Crippen LogP contribution in [-0.4, -0.2) is 37.7 Å². The van der Waals surface area contributed by atoms with Crippen LogP contribution in [0.1, 0.15) is 20.3 Å². The van der Waals surface area contributed by atoms with Crippen LogP contribution >= 0.6 is 12.2 Å². The lowest BCUT2D eigenvalue weighted by Crippen LogP contribution is -2.44. The Kier molecular flexibility index (Phi) is 6.46. The zero-order chi connectivity index (χ0) is 12.8. The van der Waals surface area contributed by atoms with Crippen LogP contribution < -0.4 is 15.8 Å². The number of carbonyl (C=O) groups is 1. The first kappa shape index (κ1) is 15.3. The highest BCUT2D eigenvalue weighted by molar-refractivity contribution is 7.93. The maximum absolute atomic E-state index is 11.5. The molecular formula is C8H17N3O3S2. The molecule has 94 valence electrons. The second-order valence-electron chi connectivity index (χ2n) is 3.26. The highest BCUT2D eigenvalue weighted by atomic mass is 32.2. The summed E-state index contributed by atoms with van der Waals surface area (Å²) in [5.41, 5.74) is 5.22. The molecule has 0 heterocycles. The highest BCUT2D eigenvalue weighted by Gasteiger charge is 2.23. The van der Waals surface area contributed by atoms with Crippen molar-refractivity contribution in [3.8, 4) is 0 Å². The molecule has 6 nitrogen and oxygen atoms in total. The molecule has 4 N–H and O–H groups in total. The van der Waals surface area contributed by atoms with E-state index in [1.807, 2.05) is 6.92 Å². The van der Waals surface area contributed by atoms with E-state index in [0.717, 1.165) is 6.42 Å². The van der Waals surface area contributed by atoms with E-state index in [1.165, 1.54) is 6.92 Å². The number of hydrogen-bond donors (Lipinski definition) is 3. The number of amides is 1. The quantitative estimate of drug-likeness (QED) is 0.519. The van der Waals surface area contributed by atoms with Gasteiger partial charge < -0.3 is 11.1 Å². The van der Waals surface area contributed by atoms with Crippen molar-refractivity contribution in [1.82, 2.24) is 10.0 Å². The SMILES string of the molecule is CCCNC(=O)CNS(=O)(=O)C(C)C(N)=S. The van der Waals surface area contributed by atoms with Gasteiger partial charge in [-0.25, -0.2) is 13.1 Å². The van der Waals surface area contributed by atoms with Gasteiger partial charge in [0.25, 0.3) is 0 Å². The van der Waals surface area contributed by atoms with Gasteiger partial charge >= 0.3 is 0 Å². The van der Waals surface area contributed by atoms with E-state index in [4.69, 9.17) is 5.73 Å². The van der Waals surface area contributed by atoms with E-state index in [1.54, 1.807) is 0 Å². The summed E-state index contributed by atoms with van der Waals surface area (Å²) in [5, 5.41) is 1.56. The summed E-state index contributed by atoms with van der Waals surface area (Å²) in [6.45, 7) is 3.49. The molecule has 1 amide bonds. The van der Waals surface area contributed by atoms with Crippen molar-refractivity contribution >= 4 is 33.1 Å². The molecule has 1 atom stereocenters. The monoisotopic (exact) mass is 267 g/mol. The minimum atomic E-state index is -3.66. The van der Waals surface area contributed by atoms with Crippen LogP contribution in [0.3, 0.4) is 0 Å². The first-order valence-corrected chi connectivity index (χ1v) is 6.81. The smallest absolute Gasteiger partial charge is 0.235 e. The summed E-state index contributed by atoms with van der Waals surface area (Å²) in [6, 6.07) is 0. The molecule has 0 radical (unpaired) electrons. The summed E-state index contributed by atoms with van der Waals surface area (Å²) in [7, 11) is -3.66. The molecule has 0 fully saturated rings. The summed E-state index contributed by atoms with van der Waals surface area (Å²) >= 11 is 4.57. The van der Waals surface area contributed by atoms with Gasteiger partial charge in [-0.1, -0.05) is 19.1 Å². The molecule has 0 saturated carbocycles. The topological polar surface area (TPSA) is 101 Å². The van der Waals surface area contributed by atoms with Gasteiger partial charge in [-0.05, 0) is 13.3 Å². The minimum Gasteiger partial charge on any atom is -0.392 e. The first-order chi connectivity index (χ1) is 7.31. The Morgan fingerprint density at radius 3 is 2.50 bits per heavy atom. The Balaban J connectivity index is 4.20. The molecule has 0 aromatic heterocycles. The molecule has 16 heavy (non-hydrogen) atoms. The molecule has 8 heteroatoms. The Hall–Kier alpha value is -0.730. The van der Waals surface area contributed by atoms with E-state index in [2.05, 4.69) is 22.3 Å². The molecule has 0 aliphatic heterocycles. The van der Waals surface area contributed by atoms with Crippen LogP contribution in [0.2, 0.25) is 0 Å². The van der Waals surface area contributed by atoms with E-state index in [9.17, 15) is 13.2 Å². The van der Waals surface area contributed by atoms with Gasteiger partial charge in [0, 0.05) is 6.54 Å². The van der Waals surface area contributed by atoms with Gasteiger partial charge in [0.1, 0.15) is 5.25 Å². The zero-order valence-corrected chi connectivity index (χ0v) is 11.0. The number of hydrogen-bond acceptors (Lipinski definition) is 4. The lowest BCUT2D eigenvalue weighted by atomic mass is 10.5. The fourth-order valence-corrected chi connectivity index (χ4v) is 2.04. The molecule has 0 saturated heterocycles. The van der Waals surface area contributed by atoms with Gasteiger partial charge in [0.15, 0.2) is 0 Å². The third-order valence-electron chi connectivity index (χ3n) is 1.87. The molecule has 0 aromatic carbocycles. The van der Waals surface area contributed by atoms with Crippen LogP contribution in [0.4, 0.5) is 0 Å². The molecule has 0 spiro atoms. The molecule has 0 bridgehead atoms. The molecule has 0 aliphatic rings. The van der Waals surface area contributed by atoms with Gasteiger partial charge in [0.05, 0.1) is 11.5 Å². The summed E-state index contributed by atoms with van der Waals surface area (Å²) < 4.78 is 25.1. The summed E-state index contributed by atoms with van der Waals surface area (Å²) in [4.78, 5) is 11.0. The number of carbonyl (C=O) groups excluding carboxylic acids is 1. The van der Waals surface area contributed by atoms with Crippen molar-refractivity contribution < 1.29 is 13.2 Å². The number of nitrogens with one attached hydrogen (secondary N) is 2. The van der Waals surface area contributed by atoms with Gasteiger partial charge in [-0.15, -0.1) is 0 Å². The van der Waals surface area contributed by atoms with Gasteiger partial charge in [-0.3, -0.25) is 4.79 Å². The van der Waals surface area contributed by atoms with Gasteiger partial charge in [0.2, 0.25) is 15.9 Å². The molecule has 0 aromatic rings. The minimum absolute atomic E-state index is 0.124. The van der Waals surface area contributed by atoms with E-state index >= 15 is 0 Å². The van der Waals surface area contributed by atoms with Crippen molar-refractivity contribution in [2.75, 3.05) is 13.1 Å². The van der Waals surface area contributed by atoms with E-state index in [0.29, 0.717) is 6.54 Å². The van der Waals surface area contributed by atoms with Crippen LogP contribution in [0, 0.1) is 0 Å². The molecular weight excluding hydrogens is 250 g/mol. The largest absolute Gasteiger partial charge is 0.392 e. The summed E-state index contributed by atoms with van der Waals surface area (Å²) in [5.74, 6) is -0.374. The van der Waals surface area contributed by atoms with Gasteiger partial charge in [-0.2, -0.15) is 0 Å². The lowest BCUT2D eigenvalue weighted by molar-refractivity contribution is -0.119. The summed E-state index contributed by atoms with van der Waals surface area (Å²) in [6.07, 6.45) is 0.793. The molecule has 1 unspecified atom stereocenters. The van der Waals surface area contributed by atoms with Crippen molar-refractivity contribution in [3.05, 3.63) is 0 Å². The number of sulfonamides is 1. The Labute approximate surface area is 101 Å². The van der Waals surface area contributed by atoms with E-state index in [-0.39, 0.29) is 17.4 Å². The second-order valence-corrected chi connectivity index (χ2v) is 5.82. The number of nitrogens with two attached hydrogens (primary N) is 1. The maximum atomic E-state index is 11.5. The second kappa shape index (κ2) is 6.77. The maximum Gasteiger partial charge on any atom is 0.235 e.